The molecule has 0 N–H and O–H groups in total. The quantitative estimate of drug-likeness (QED) is 0.485. The Morgan fingerprint density at radius 1 is 1.00 bits per heavy atom. The van der Waals surface area contributed by atoms with E-state index in [9.17, 15) is 8.78 Å². The van der Waals surface area contributed by atoms with E-state index in [0.29, 0.717) is 12.5 Å². The molecule has 4 heteroatoms. The molecule has 3 rings (SSSR count). The molecular formula is C24H29ClF2O. The third kappa shape index (κ3) is 5.51. The fraction of sp³-hybridized carbons (Fsp3) is 0.583. The molecule has 2 aliphatic rings. The molecule has 28 heavy (non-hydrogen) atoms. The van der Waals surface area contributed by atoms with Gasteiger partial charge in [0.05, 0.1) is 12.2 Å². The lowest BCUT2D eigenvalue weighted by molar-refractivity contribution is 0.168. The van der Waals surface area contributed by atoms with Crippen molar-refractivity contribution < 1.29 is 13.5 Å². The molecular weight excluding hydrogens is 378 g/mol. The summed E-state index contributed by atoms with van der Waals surface area (Å²) in [6.45, 7) is 2.15. The first-order valence-electron chi connectivity index (χ1n) is 10.5. The fourth-order valence-corrected chi connectivity index (χ4v) is 4.95. The lowest BCUT2D eigenvalue weighted by Gasteiger charge is -2.36. The topological polar surface area (TPSA) is 9.23 Å². The summed E-state index contributed by atoms with van der Waals surface area (Å²) in [6.07, 6.45) is 11.6. The molecule has 0 amide bonds. The van der Waals surface area contributed by atoms with Crippen LogP contribution in [0.2, 0.25) is 0 Å². The summed E-state index contributed by atoms with van der Waals surface area (Å²) < 4.78 is 33.5. The minimum Gasteiger partial charge on any atom is -0.494 e. The molecule has 2 aliphatic carbocycles. The van der Waals surface area contributed by atoms with E-state index >= 15 is 0 Å². The molecule has 0 radical (unpaired) electrons. The van der Waals surface area contributed by atoms with Crippen LogP contribution in [0, 0.1) is 47.1 Å². The van der Waals surface area contributed by atoms with Crippen LogP contribution in [0.3, 0.4) is 0 Å². The Balaban J connectivity index is 1.53. The van der Waals surface area contributed by atoms with Gasteiger partial charge < -0.3 is 4.74 Å². The second kappa shape index (κ2) is 10.3. The Hall–Kier alpha value is -1.53. The van der Waals surface area contributed by atoms with Crippen LogP contribution in [0.1, 0.15) is 63.9 Å². The monoisotopic (exact) mass is 406 g/mol. The van der Waals surface area contributed by atoms with Crippen LogP contribution in [-0.2, 0) is 0 Å². The van der Waals surface area contributed by atoms with Gasteiger partial charge in [-0.1, -0.05) is 29.5 Å². The zero-order valence-electron chi connectivity index (χ0n) is 16.5. The van der Waals surface area contributed by atoms with Crippen LogP contribution in [0.25, 0.3) is 0 Å². The molecule has 0 bridgehead atoms. The van der Waals surface area contributed by atoms with Crippen molar-refractivity contribution >= 4 is 11.6 Å². The number of ether oxygens (including phenoxy) is 1. The Labute approximate surface area is 172 Å². The average molecular weight is 407 g/mol. The number of hydrogen-bond donors (Lipinski definition) is 0. The smallest absolute Gasteiger partial charge is 0.145 e. The fourth-order valence-electron chi connectivity index (χ4n) is 4.74. The molecule has 0 saturated heterocycles. The van der Waals surface area contributed by atoms with Gasteiger partial charge in [-0.3, -0.25) is 0 Å². The SMILES string of the molecule is CCOc1cc(F)c(C#CC2CCC([C@H]3CC[C@H](/C=C/Cl)CC3)CC2)c(F)c1. The van der Waals surface area contributed by atoms with E-state index in [1.165, 1.54) is 50.7 Å². The first-order valence-corrected chi connectivity index (χ1v) is 10.9. The summed E-state index contributed by atoms with van der Waals surface area (Å²) in [7, 11) is 0. The van der Waals surface area contributed by atoms with Crippen LogP contribution in [0.15, 0.2) is 23.7 Å². The molecule has 1 nitrogen and oxygen atoms in total. The van der Waals surface area contributed by atoms with E-state index < -0.39 is 11.6 Å². The first-order chi connectivity index (χ1) is 13.6. The first kappa shape index (κ1) is 21.2. The maximum absolute atomic E-state index is 14.1. The van der Waals surface area contributed by atoms with Gasteiger partial charge in [0.15, 0.2) is 0 Å². The van der Waals surface area contributed by atoms with Crippen LogP contribution < -0.4 is 4.74 Å². The molecule has 0 aromatic heterocycles. The molecule has 2 saturated carbocycles. The van der Waals surface area contributed by atoms with Crippen molar-refractivity contribution in [1.82, 2.24) is 0 Å². The summed E-state index contributed by atoms with van der Waals surface area (Å²) >= 11 is 5.70. The van der Waals surface area contributed by atoms with Gasteiger partial charge in [-0.15, -0.1) is 0 Å². The Kier molecular flexibility index (Phi) is 7.80. The van der Waals surface area contributed by atoms with E-state index in [0.717, 1.165) is 24.7 Å². The second-order valence-electron chi connectivity index (χ2n) is 8.07. The number of rotatable bonds is 4. The highest BCUT2D eigenvalue weighted by atomic mass is 35.5. The highest BCUT2D eigenvalue weighted by Crippen LogP contribution is 2.41. The van der Waals surface area contributed by atoms with Crippen molar-refractivity contribution in [2.24, 2.45) is 23.7 Å². The molecule has 0 aliphatic heterocycles. The van der Waals surface area contributed by atoms with Crippen molar-refractivity contribution in [3.8, 4) is 17.6 Å². The van der Waals surface area contributed by atoms with Crippen LogP contribution in [0.4, 0.5) is 8.78 Å². The molecule has 0 spiro atoms. The summed E-state index contributed by atoms with van der Waals surface area (Å²) in [4.78, 5) is 0. The summed E-state index contributed by atoms with van der Waals surface area (Å²) in [5, 5.41) is 0. The summed E-state index contributed by atoms with van der Waals surface area (Å²) in [5.74, 6) is 7.27. The van der Waals surface area contributed by atoms with Gasteiger partial charge in [0, 0.05) is 23.6 Å². The van der Waals surface area contributed by atoms with Gasteiger partial charge in [-0.25, -0.2) is 8.78 Å². The number of allylic oxidation sites excluding steroid dienone is 1. The molecule has 0 heterocycles. The largest absolute Gasteiger partial charge is 0.494 e. The lowest BCUT2D eigenvalue weighted by atomic mass is 9.69. The third-order valence-electron chi connectivity index (χ3n) is 6.33. The zero-order chi connectivity index (χ0) is 19.9. The number of hydrogen-bond acceptors (Lipinski definition) is 1. The highest BCUT2D eigenvalue weighted by molar-refractivity contribution is 6.25. The van der Waals surface area contributed by atoms with Crippen molar-refractivity contribution in [3.63, 3.8) is 0 Å². The number of benzene rings is 1. The van der Waals surface area contributed by atoms with Crippen molar-refractivity contribution in [3.05, 3.63) is 40.9 Å². The van der Waals surface area contributed by atoms with E-state index in [-0.39, 0.29) is 17.2 Å². The molecule has 1 aromatic carbocycles. The normalized spacial score (nSPS) is 28.0. The van der Waals surface area contributed by atoms with Gasteiger partial charge in [0.25, 0.3) is 0 Å². The molecule has 0 atom stereocenters. The molecule has 152 valence electrons. The van der Waals surface area contributed by atoms with Crippen molar-refractivity contribution in [2.75, 3.05) is 6.61 Å². The Morgan fingerprint density at radius 3 is 2.11 bits per heavy atom. The number of halogens is 3. The van der Waals surface area contributed by atoms with Gasteiger partial charge >= 0.3 is 0 Å². The van der Waals surface area contributed by atoms with Crippen LogP contribution >= 0.6 is 11.6 Å². The molecule has 1 aromatic rings. The zero-order valence-corrected chi connectivity index (χ0v) is 17.3. The maximum Gasteiger partial charge on any atom is 0.145 e. The Morgan fingerprint density at radius 2 is 1.57 bits per heavy atom. The highest BCUT2D eigenvalue weighted by Gasteiger charge is 2.29. The summed E-state index contributed by atoms with van der Waals surface area (Å²) in [6, 6.07) is 2.42. The average Bonchev–Trinajstić information content (AvgIpc) is 2.69. The van der Waals surface area contributed by atoms with E-state index in [4.69, 9.17) is 16.3 Å². The van der Waals surface area contributed by atoms with E-state index in [1.54, 1.807) is 12.5 Å². The van der Waals surface area contributed by atoms with Gasteiger partial charge in [0.2, 0.25) is 0 Å². The van der Waals surface area contributed by atoms with E-state index in [1.807, 2.05) is 0 Å². The summed E-state index contributed by atoms with van der Waals surface area (Å²) in [5.41, 5.74) is 1.52. The standard InChI is InChI=1S/C24H29ClF2O/c1-2-28-21-15-23(26)22(24(27)16-21)12-7-17-3-8-19(9-4-17)20-10-5-18(6-11-20)13-14-25/h13-20H,2-6,8-11H2,1H3/b14-13+/t17?,18-,19?,20-. The molecule has 0 unspecified atom stereocenters. The Bertz CT molecular complexity index is 710. The van der Waals surface area contributed by atoms with Crippen molar-refractivity contribution in [1.29, 1.82) is 0 Å². The molecule has 2 fully saturated rings. The predicted octanol–water partition coefficient (Wildman–Crippen LogP) is 7.08. The van der Waals surface area contributed by atoms with Crippen LogP contribution in [0.5, 0.6) is 5.75 Å². The van der Waals surface area contributed by atoms with Gasteiger partial charge in [-0.2, -0.15) is 0 Å². The van der Waals surface area contributed by atoms with Gasteiger partial charge in [0.1, 0.15) is 17.4 Å². The second-order valence-corrected chi connectivity index (χ2v) is 8.32. The lowest BCUT2D eigenvalue weighted by Crippen LogP contribution is -2.25. The van der Waals surface area contributed by atoms with Crippen molar-refractivity contribution in [2.45, 2.75) is 58.3 Å². The minimum absolute atomic E-state index is 0.142. The van der Waals surface area contributed by atoms with Gasteiger partial charge in [-0.05, 0) is 76.0 Å². The minimum atomic E-state index is -0.646. The van der Waals surface area contributed by atoms with E-state index in [2.05, 4.69) is 17.9 Å². The third-order valence-corrected chi connectivity index (χ3v) is 6.47. The van der Waals surface area contributed by atoms with Crippen LogP contribution in [-0.4, -0.2) is 6.61 Å². The maximum atomic E-state index is 14.1. The predicted molar refractivity (Wildman–Crippen MR) is 110 cm³/mol.